The lowest BCUT2D eigenvalue weighted by Gasteiger charge is -2.42. The Balaban J connectivity index is 1.03. The first-order valence-corrected chi connectivity index (χ1v) is 14.8. The number of carbonyl (C=O) groups is 3. The first-order valence-electron chi connectivity index (χ1n) is 14.8. The Morgan fingerprint density at radius 2 is 1.93 bits per heavy atom. The van der Waals surface area contributed by atoms with Crippen LogP contribution < -0.4 is 15.4 Å². The van der Waals surface area contributed by atoms with E-state index in [0.717, 1.165) is 26.1 Å². The Bertz CT molecular complexity index is 1460. The van der Waals surface area contributed by atoms with Crippen molar-refractivity contribution in [3.8, 4) is 5.75 Å². The fourth-order valence-electron chi connectivity index (χ4n) is 6.15. The van der Waals surface area contributed by atoms with Crippen molar-refractivity contribution in [2.24, 2.45) is 0 Å². The van der Waals surface area contributed by atoms with Gasteiger partial charge in [-0.1, -0.05) is 30.3 Å². The summed E-state index contributed by atoms with van der Waals surface area (Å²) in [4.78, 5) is 51.0. The maximum Gasteiger partial charge on any atom is 0.275 e. The van der Waals surface area contributed by atoms with E-state index in [0.29, 0.717) is 29.8 Å². The minimum absolute atomic E-state index is 0.00684. The second-order valence-electron chi connectivity index (χ2n) is 11.4. The van der Waals surface area contributed by atoms with Gasteiger partial charge in [0.1, 0.15) is 24.2 Å². The molecule has 2 N–H and O–H groups in total. The number of fused-ring (bicyclic) bond motifs is 2. The molecule has 43 heavy (non-hydrogen) atoms. The summed E-state index contributed by atoms with van der Waals surface area (Å²) in [6.07, 6.45) is 6.27. The average molecular weight is 585 g/mol. The Morgan fingerprint density at radius 1 is 1.07 bits per heavy atom. The summed E-state index contributed by atoms with van der Waals surface area (Å²) in [7, 11) is 1.76. The number of nitrogens with one attached hydrogen (secondary N) is 2. The molecule has 3 aliphatic rings. The second-order valence-corrected chi connectivity index (χ2v) is 11.4. The van der Waals surface area contributed by atoms with E-state index >= 15 is 0 Å². The largest absolute Gasteiger partial charge is 0.490 e. The third-order valence-corrected chi connectivity index (χ3v) is 8.36. The van der Waals surface area contributed by atoms with Crippen molar-refractivity contribution < 1.29 is 23.9 Å². The number of nitrogens with zero attached hydrogens (tertiary/aromatic N) is 4. The quantitative estimate of drug-likeness (QED) is 0.434. The van der Waals surface area contributed by atoms with Crippen LogP contribution in [0.25, 0.3) is 0 Å². The van der Waals surface area contributed by atoms with Gasteiger partial charge in [-0.2, -0.15) is 0 Å². The number of carbonyl (C=O) groups excluding carboxylic acids is 3. The molecule has 224 valence electrons. The zero-order chi connectivity index (χ0) is 29.8. The van der Waals surface area contributed by atoms with Crippen molar-refractivity contribution in [1.29, 1.82) is 0 Å². The van der Waals surface area contributed by atoms with Crippen molar-refractivity contribution in [3.63, 3.8) is 0 Å². The van der Waals surface area contributed by atoms with Crippen LogP contribution in [0, 0.1) is 0 Å². The molecule has 0 aliphatic carbocycles. The summed E-state index contributed by atoms with van der Waals surface area (Å²) in [5, 5.41) is 5.97. The maximum absolute atomic E-state index is 13.5. The van der Waals surface area contributed by atoms with E-state index in [1.54, 1.807) is 30.1 Å². The summed E-state index contributed by atoms with van der Waals surface area (Å²) < 4.78 is 12.4. The molecule has 3 aromatic rings. The molecular weight excluding hydrogens is 548 g/mol. The highest BCUT2D eigenvalue weighted by molar-refractivity contribution is 6.04. The number of likely N-dealkylation sites (tertiary alicyclic amines) is 1. The van der Waals surface area contributed by atoms with E-state index in [4.69, 9.17) is 9.47 Å². The number of ether oxygens (including phenoxy) is 2. The molecule has 2 aromatic carbocycles. The number of likely N-dealkylation sites (N-methyl/N-ethyl adjacent to an activating group) is 1. The zero-order valence-corrected chi connectivity index (χ0v) is 24.1. The first-order chi connectivity index (χ1) is 20.9. The van der Waals surface area contributed by atoms with Gasteiger partial charge in [-0.25, -0.2) is 4.98 Å². The van der Waals surface area contributed by atoms with Gasteiger partial charge in [-0.3, -0.25) is 24.3 Å². The molecule has 11 heteroatoms. The van der Waals surface area contributed by atoms with E-state index in [1.165, 1.54) is 24.2 Å². The molecule has 0 unspecified atom stereocenters. The summed E-state index contributed by atoms with van der Waals surface area (Å²) in [6.45, 7) is 2.92. The minimum Gasteiger partial charge on any atom is -0.490 e. The normalized spacial score (nSPS) is 23.7. The minimum atomic E-state index is -0.422. The second kappa shape index (κ2) is 12.9. The molecule has 0 spiro atoms. The highest BCUT2D eigenvalue weighted by Gasteiger charge is 2.39. The number of rotatable bonds is 7. The molecule has 4 atom stereocenters. The molecule has 1 aromatic heterocycles. The third kappa shape index (κ3) is 6.84. The Hall–Kier alpha value is -4.35. The molecule has 11 nitrogen and oxygen atoms in total. The van der Waals surface area contributed by atoms with Gasteiger partial charge in [0, 0.05) is 50.8 Å². The summed E-state index contributed by atoms with van der Waals surface area (Å²) in [5.41, 5.74) is 2.26. The van der Waals surface area contributed by atoms with Gasteiger partial charge in [-0.05, 0) is 43.0 Å². The topological polar surface area (TPSA) is 126 Å². The van der Waals surface area contributed by atoms with Crippen LogP contribution in [0.15, 0.2) is 67.1 Å². The standard InChI is InChI=1S/C32H36N6O5/c1-37-27-9-8-24(16-30(39)35-23-11-14-38(19-23)18-21-5-3-2-4-6-21)43-29(27)20-42-28-10-7-22(15-25(28)32(37)41)36-31(40)26-17-33-12-13-34-26/h2-7,10,12-13,15,17,23-24,27,29H,8-9,11,14,16,18-20H2,1H3,(H,35,39)(H,36,40)/t23-,24+,27-,29+/m1/s1. The Morgan fingerprint density at radius 3 is 2.74 bits per heavy atom. The molecule has 0 saturated carbocycles. The number of benzene rings is 2. The molecule has 0 bridgehead atoms. The van der Waals surface area contributed by atoms with Crippen LogP contribution >= 0.6 is 0 Å². The SMILES string of the molecule is CN1C(=O)c2cc(NC(=O)c3cnccn3)ccc2OC[C@@H]2O[C@H](CC(=O)N[C@@H]3CCN(Cc4ccccc4)C3)CC[C@H]21. The van der Waals surface area contributed by atoms with Crippen molar-refractivity contribution in [1.82, 2.24) is 25.1 Å². The van der Waals surface area contributed by atoms with E-state index in [-0.39, 0.29) is 54.8 Å². The summed E-state index contributed by atoms with van der Waals surface area (Å²) >= 11 is 0. The maximum atomic E-state index is 13.5. The van der Waals surface area contributed by atoms with E-state index in [1.807, 2.05) is 18.2 Å². The van der Waals surface area contributed by atoms with Crippen molar-refractivity contribution in [3.05, 3.63) is 83.9 Å². The fraction of sp³-hybridized carbons (Fsp3) is 0.406. The van der Waals surface area contributed by atoms with Crippen LogP contribution in [-0.4, -0.2) is 88.5 Å². The van der Waals surface area contributed by atoms with Crippen LogP contribution in [0.5, 0.6) is 5.75 Å². The van der Waals surface area contributed by atoms with Crippen LogP contribution in [0.3, 0.4) is 0 Å². The van der Waals surface area contributed by atoms with Crippen molar-refractivity contribution in [2.75, 3.05) is 32.1 Å². The molecule has 6 rings (SSSR count). The van der Waals surface area contributed by atoms with Gasteiger partial charge in [0.2, 0.25) is 5.91 Å². The highest BCUT2D eigenvalue weighted by Crippen LogP contribution is 2.32. The van der Waals surface area contributed by atoms with Gasteiger partial charge in [0.05, 0.1) is 30.3 Å². The van der Waals surface area contributed by atoms with E-state index < -0.39 is 5.91 Å². The third-order valence-electron chi connectivity index (χ3n) is 8.36. The van der Waals surface area contributed by atoms with Gasteiger partial charge in [0.25, 0.3) is 11.8 Å². The van der Waals surface area contributed by atoms with Crippen LogP contribution in [0.1, 0.15) is 52.1 Å². The molecular formula is C32H36N6O5. The Labute approximate surface area is 250 Å². The first kappa shape index (κ1) is 28.8. The lowest BCUT2D eigenvalue weighted by molar-refractivity contribution is -0.134. The van der Waals surface area contributed by atoms with E-state index in [2.05, 4.69) is 37.6 Å². The molecule has 2 fully saturated rings. The lowest BCUT2D eigenvalue weighted by Crippen LogP contribution is -2.54. The number of hydrogen-bond acceptors (Lipinski definition) is 8. The van der Waals surface area contributed by atoms with E-state index in [9.17, 15) is 14.4 Å². The molecule has 2 saturated heterocycles. The summed E-state index contributed by atoms with van der Waals surface area (Å²) in [6, 6.07) is 15.3. The summed E-state index contributed by atoms with van der Waals surface area (Å²) in [5.74, 6) is -0.236. The van der Waals surface area contributed by atoms with Gasteiger partial charge in [0.15, 0.2) is 0 Å². The smallest absolute Gasteiger partial charge is 0.275 e. The predicted molar refractivity (Wildman–Crippen MR) is 159 cm³/mol. The van der Waals surface area contributed by atoms with Crippen LogP contribution in [-0.2, 0) is 16.1 Å². The van der Waals surface area contributed by atoms with Crippen LogP contribution in [0.2, 0.25) is 0 Å². The Kier molecular flexibility index (Phi) is 8.62. The number of anilines is 1. The molecule has 3 amide bonds. The van der Waals surface area contributed by atoms with Crippen molar-refractivity contribution >= 4 is 23.4 Å². The predicted octanol–water partition coefficient (Wildman–Crippen LogP) is 2.89. The number of amides is 3. The van der Waals surface area contributed by atoms with Crippen molar-refractivity contribution in [2.45, 2.75) is 56.5 Å². The van der Waals surface area contributed by atoms with Gasteiger partial charge >= 0.3 is 0 Å². The van der Waals surface area contributed by atoms with Crippen LogP contribution in [0.4, 0.5) is 5.69 Å². The molecule has 3 aliphatic heterocycles. The molecule has 4 heterocycles. The number of hydrogen-bond donors (Lipinski definition) is 2. The lowest BCUT2D eigenvalue weighted by atomic mass is 9.94. The zero-order valence-electron chi connectivity index (χ0n) is 24.1. The molecule has 0 radical (unpaired) electrons. The fourth-order valence-corrected chi connectivity index (χ4v) is 6.15. The van der Waals surface area contributed by atoms with Gasteiger partial charge < -0.3 is 25.0 Å². The average Bonchev–Trinajstić information content (AvgIpc) is 3.46. The monoisotopic (exact) mass is 584 g/mol. The highest BCUT2D eigenvalue weighted by atomic mass is 16.5. The van der Waals surface area contributed by atoms with Gasteiger partial charge in [-0.15, -0.1) is 0 Å². The number of aromatic nitrogens is 2.